The number of pyridine rings is 1. The largest absolute Gasteiger partial charge is 0.435 e. The molecule has 2 bridgehead atoms. The van der Waals surface area contributed by atoms with Crippen molar-refractivity contribution in [1.82, 2.24) is 10.3 Å². The minimum atomic E-state index is -0.891. The van der Waals surface area contributed by atoms with Crippen LogP contribution in [0.5, 0.6) is 0 Å². The molecule has 1 aromatic heterocycles. The topological polar surface area (TPSA) is 117 Å². The Labute approximate surface area is 244 Å². The maximum atomic E-state index is 12.8. The molecule has 11 heteroatoms. The van der Waals surface area contributed by atoms with Gasteiger partial charge in [0.05, 0.1) is 11.9 Å². The highest BCUT2D eigenvalue weighted by Gasteiger charge is 2.69. The standard InChI is InChI=1S/C30H38ClN3O7/c1-17-4-7-22-18(2)27(38-28-30(22)21(17)10-12-29(3,39-28)40-41-30)37-26(36)9-8-25(35)34-15-14-33-23-11-13-32-24-16-19(31)5-6-20(23)24/h5-6,11,13,16-18,21-22,27-28H,4,7-10,12,14-15H2,1-3H3,(H,32,33)(H,34,35)/t17-,18-,21+,22?,27-,28-,29-,30-/m1/s1. The Morgan fingerprint density at radius 1 is 1.10 bits per heavy atom. The molecule has 8 atom stereocenters. The summed E-state index contributed by atoms with van der Waals surface area (Å²) in [6.07, 6.45) is 3.87. The number of ether oxygens (including phenoxy) is 3. The van der Waals surface area contributed by atoms with E-state index in [0.717, 1.165) is 35.9 Å². The molecule has 7 rings (SSSR count). The van der Waals surface area contributed by atoms with E-state index in [0.29, 0.717) is 30.5 Å². The fraction of sp³-hybridized carbons (Fsp3) is 0.633. The molecule has 1 unspecified atom stereocenters. The van der Waals surface area contributed by atoms with Crippen molar-refractivity contribution in [3.63, 3.8) is 0 Å². The summed E-state index contributed by atoms with van der Waals surface area (Å²) in [6, 6.07) is 7.41. The lowest BCUT2D eigenvalue weighted by atomic mass is 9.58. The number of fused-ring (bicyclic) bond motifs is 3. The third kappa shape index (κ3) is 5.41. The third-order valence-electron chi connectivity index (χ3n) is 9.37. The fourth-order valence-corrected chi connectivity index (χ4v) is 7.34. The molecule has 0 radical (unpaired) electrons. The second-order valence-electron chi connectivity index (χ2n) is 12.1. The molecule has 2 N–H and O–H groups in total. The predicted molar refractivity (Wildman–Crippen MR) is 150 cm³/mol. The lowest BCUT2D eigenvalue weighted by Crippen LogP contribution is -2.70. The number of benzene rings is 1. The number of esters is 1. The van der Waals surface area contributed by atoms with Gasteiger partial charge in [0.1, 0.15) is 0 Å². The van der Waals surface area contributed by atoms with Gasteiger partial charge in [0.15, 0.2) is 11.9 Å². The van der Waals surface area contributed by atoms with Crippen molar-refractivity contribution in [3.8, 4) is 0 Å². The van der Waals surface area contributed by atoms with Crippen LogP contribution in [-0.4, -0.2) is 53.9 Å². The average molecular weight is 588 g/mol. The minimum Gasteiger partial charge on any atom is -0.435 e. The van der Waals surface area contributed by atoms with Crippen LogP contribution in [0.1, 0.15) is 59.3 Å². The number of rotatable bonds is 8. The molecular weight excluding hydrogens is 550 g/mol. The number of hydrogen-bond acceptors (Lipinski definition) is 9. The van der Waals surface area contributed by atoms with Crippen LogP contribution >= 0.6 is 11.6 Å². The summed E-state index contributed by atoms with van der Waals surface area (Å²) >= 11 is 6.06. The summed E-state index contributed by atoms with van der Waals surface area (Å²) < 4.78 is 18.4. The first-order valence-electron chi connectivity index (χ1n) is 14.6. The van der Waals surface area contributed by atoms with Crippen LogP contribution in [0, 0.1) is 23.7 Å². The first-order chi connectivity index (χ1) is 19.7. The van der Waals surface area contributed by atoms with Crippen molar-refractivity contribution in [2.45, 2.75) is 83.3 Å². The van der Waals surface area contributed by atoms with Gasteiger partial charge >= 0.3 is 5.97 Å². The molecule has 41 heavy (non-hydrogen) atoms. The van der Waals surface area contributed by atoms with E-state index in [2.05, 4.69) is 22.5 Å². The highest BCUT2D eigenvalue weighted by atomic mass is 35.5. The van der Waals surface area contributed by atoms with E-state index in [1.54, 1.807) is 6.20 Å². The summed E-state index contributed by atoms with van der Waals surface area (Å²) in [6.45, 7) is 7.07. The minimum absolute atomic E-state index is 0.0263. The van der Waals surface area contributed by atoms with Crippen LogP contribution < -0.4 is 10.6 Å². The number of amides is 1. The first-order valence-corrected chi connectivity index (χ1v) is 15.0. The zero-order chi connectivity index (χ0) is 28.8. The van der Waals surface area contributed by atoms with Crippen molar-refractivity contribution in [3.05, 3.63) is 35.5 Å². The first kappa shape index (κ1) is 28.6. The Morgan fingerprint density at radius 2 is 1.95 bits per heavy atom. The van der Waals surface area contributed by atoms with Crippen molar-refractivity contribution in [2.24, 2.45) is 23.7 Å². The number of nitrogens with one attached hydrogen (secondary N) is 2. The number of anilines is 1. The quantitative estimate of drug-likeness (QED) is 0.251. The maximum Gasteiger partial charge on any atom is 0.308 e. The van der Waals surface area contributed by atoms with Crippen molar-refractivity contribution in [1.29, 1.82) is 0 Å². The number of halogens is 1. The molecule has 1 spiro atoms. The lowest BCUT2D eigenvalue weighted by molar-refractivity contribution is -0.576. The SMILES string of the molecule is C[C@@H]1CCC2[C@@H](C)[C@H](OC(=O)CCC(=O)NCCNc3ccnc4cc(Cl)ccc34)O[C@@H]3O[C@@]4(C)CC[C@@H]1[C@@]23OO4. The molecule has 5 fully saturated rings. The molecule has 5 heterocycles. The van der Waals surface area contributed by atoms with Gasteiger partial charge in [0, 0.05) is 60.1 Å². The molecule has 1 amide bonds. The van der Waals surface area contributed by atoms with Gasteiger partial charge in [0.2, 0.25) is 18.0 Å². The highest BCUT2D eigenvalue weighted by molar-refractivity contribution is 6.31. The molecule has 1 saturated carbocycles. The van der Waals surface area contributed by atoms with Crippen LogP contribution in [0.2, 0.25) is 5.02 Å². The van der Waals surface area contributed by atoms with Gasteiger partial charge in [0.25, 0.3) is 0 Å². The molecule has 222 valence electrons. The average Bonchev–Trinajstić information content (AvgIpc) is 3.18. The zero-order valence-corrected chi connectivity index (χ0v) is 24.4. The van der Waals surface area contributed by atoms with Crippen LogP contribution in [0.15, 0.2) is 30.5 Å². The monoisotopic (exact) mass is 587 g/mol. The van der Waals surface area contributed by atoms with E-state index in [-0.39, 0.29) is 36.5 Å². The Bertz CT molecular complexity index is 1310. The summed E-state index contributed by atoms with van der Waals surface area (Å²) in [4.78, 5) is 41.5. The number of hydrogen-bond donors (Lipinski definition) is 2. The van der Waals surface area contributed by atoms with Gasteiger partial charge in [-0.3, -0.25) is 14.6 Å². The summed E-state index contributed by atoms with van der Waals surface area (Å²) in [7, 11) is 0. The molecule has 4 saturated heterocycles. The summed E-state index contributed by atoms with van der Waals surface area (Å²) in [5.74, 6) is -0.947. The van der Waals surface area contributed by atoms with E-state index < -0.39 is 29.9 Å². The Hall–Kier alpha value is -2.50. The normalized spacial score (nSPS) is 35.8. The van der Waals surface area contributed by atoms with Gasteiger partial charge in [-0.2, -0.15) is 0 Å². The highest BCUT2D eigenvalue weighted by Crippen LogP contribution is 2.60. The fourth-order valence-electron chi connectivity index (χ4n) is 7.17. The van der Waals surface area contributed by atoms with Crippen LogP contribution in [-0.2, 0) is 33.6 Å². The van der Waals surface area contributed by atoms with Gasteiger partial charge in [-0.05, 0) is 62.3 Å². The number of carbonyl (C=O) groups excluding carboxylic acids is 2. The lowest BCUT2D eigenvalue weighted by Gasteiger charge is -2.59. The van der Waals surface area contributed by atoms with E-state index in [1.807, 2.05) is 38.1 Å². The predicted octanol–water partition coefficient (Wildman–Crippen LogP) is 4.95. The molecule has 2 aromatic rings. The number of carbonyl (C=O) groups is 2. The van der Waals surface area contributed by atoms with Crippen LogP contribution in [0.3, 0.4) is 0 Å². The van der Waals surface area contributed by atoms with Gasteiger partial charge in [-0.25, -0.2) is 9.78 Å². The molecule has 5 aliphatic rings. The van der Waals surface area contributed by atoms with Gasteiger partial charge in [-0.15, -0.1) is 0 Å². The molecule has 10 nitrogen and oxygen atoms in total. The molecular formula is C30H38ClN3O7. The summed E-state index contributed by atoms with van der Waals surface area (Å²) in [5, 5.41) is 7.73. The molecule has 4 aliphatic heterocycles. The summed E-state index contributed by atoms with van der Waals surface area (Å²) in [5.41, 5.74) is 0.991. The van der Waals surface area contributed by atoms with Crippen molar-refractivity contribution >= 4 is 40.1 Å². The Morgan fingerprint density at radius 3 is 2.80 bits per heavy atom. The van der Waals surface area contributed by atoms with E-state index >= 15 is 0 Å². The van der Waals surface area contributed by atoms with Crippen LogP contribution in [0.25, 0.3) is 10.9 Å². The number of aromatic nitrogens is 1. The van der Waals surface area contributed by atoms with Crippen molar-refractivity contribution in [2.75, 3.05) is 18.4 Å². The Balaban J connectivity index is 0.988. The molecule has 1 aliphatic carbocycles. The molecule has 1 aromatic carbocycles. The Kier molecular flexibility index (Phi) is 7.88. The maximum absolute atomic E-state index is 12.8. The van der Waals surface area contributed by atoms with Crippen molar-refractivity contribution < 1.29 is 33.6 Å². The van der Waals surface area contributed by atoms with E-state index in [4.69, 9.17) is 35.6 Å². The zero-order valence-electron chi connectivity index (χ0n) is 23.7. The second-order valence-corrected chi connectivity index (χ2v) is 12.5. The van der Waals surface area contributed by atoms with Gasteiger partial charge in [-0.1, -0.05) is 25.4 Å². The smallest absolute Gasteiger partial charge is 0.308 e. The van der Waals surface area contributed by atoms with E-state index in [9.17, 15) is 9.59 Å². The second kappa shape index (κ2) is 11.3. The van der Waals surface area contributed by atoms with Gasteiger partial charge < -0.3 is 24.8 Å². The van der Waals surface area contributed by atoms with Crippen LogP contribution in [0.4, 0.5) is 5.69 Å². The number of nitrogens with zero attached hydrogens (tertiary/aromatic N) is 1. The third-order valence-corrected chi connectivity index (χ3v) is 9.60. The van der Waals surface area contributed by atoms with E-state index in [1.165, 1.54) is 0 Å².